The van der Waals surface area contributed by atoms with Crippen molar-refractivity contribution in [3.05, 3.63) is 40.9 Å². The van der Waals surface area contributed by atoms with Crippen molar-refractivity contribution in [2.45, 2.75) is 58.2 Å². The number of para-hydroxylation sites is 1. The zero-order valence-electron chi connectivity index (χ0n) is 14.4. The summed E-state index contributed by atoms with van der Waals surface area (Å²) in [5, 5.41) is 4.60. The highest BCUT2D eigenvalue weighted by Crippen LogP contribution is 2.35. The molecule has 2 aromatic rings. The number of benzene rings is 1. The van der Waals surface area contributed by atoms with Crippen molar-refractivity contribution in [2.75, 3.05) is 6.54 Å². The molecule has 1 saturated heterocycles. The summed E-state index contributed by atoms with van der Waals surface area (Å²) in [4.78, 5) is 2.62. The van der Waals surface area contributed by atoms with E-state index >= 15 is 0 Å². The fourth-order valence-electron chi connectivity index (χ4n) is 4.51. The van der Waals surface area contributed by atoms with Crippen LogP contribution in [-0.2, 0) is 6.67 Å². The first-order chi connectivity index (χ1) is 11.7. The van der Waals surface area contributed by atoms with Crippen molar-refractivity contribution in [1.82, 2.24) is 19.2 Å². The van der Waals surface area contributed by atoms with Gasteiger partial charge in [0, 0.05) is 12.6 Å². The summed E-state index contributed by atoms with van der Waals surface area (Å²) in [5.41, 5.74) is 2.35. The van der Waals surface area contributed by atoms with Gasteiger partial charge in [0.15, 0.2) is 0 Å². The van der Waals surface area contributed by atoms with Gasteiger partial charge in [0.1, 0.15) is 6.33 Å². The number of hydrogen-bond donors (Lipinski definition) is 0. The highest BCUT2D eigenvalue weighted by Gasteiger charge is 2.33. The standard InChI is InChI=1S/C19H26N4S/c1-15-7-2-4-10-17(15)22-13-20-23(19(22)24)14-21-12-6-9-16-8-3-5-11-18(16)21/h2,4,7,10,13,16,18H,3,5-6,8-9,11-12,14H2,1H3/t16-,18+/m1/s1. The molecule has 1 aliphatic carbocycles. The average molecular weight is 343 g/mol. The molecule has 128 valence electrons. The quantitative estimate of drug-likeness (QED) is 0.777. The lowest BCUT2D eigenvalue weighted by molar-refractivity contribution is 0.0323. The Morgan fingerprint density at radius 3 is 2.79 bits per heavy atom. The molecule has 2 heterocycles. The largest absolute Gasteiger partial charge is 0.281 e. The van der Waals surface area contributed by atoms with E-state index in [2.05, 4.69) is 41.2 Å². The Bertz CT molecular complexity index is 761. The minimum absolute atomic E-state index is 0.734. The number of piperidine rings is 1. The lowest BCUT2D eigenvalue weighted by atomic mass is 9.78. The Kier molecular flexibility index (Phi) is 4.55. The van der Waals surface area contributed by atoms with Crippen LogP contribution < -0.4 is 0 Å². The molecular formula is C19H26N4S. The Morgan fingerprint density at radius 2 is 1.92 bits per heavy atom. The van der Waals surface area contributed by atoms with E-state index in [0.29, 0.717) is 0 Å². The molecule has 24 heavy (non-hydrogen) atoms. The molecule has 1 aromatic carbocycles. The number of aromatic nitrogens is 3. The van der Waals surface area contributed by atoms with Gasteiger partial charge in [-0.15, -0.1) is 0 Å². The van der Waals surface area contributed by atoms with Gasteiger partial charge in [0.25, 0.3) is 0 Å². The molecule has 0 N–H and O–H groups in total. The molecule has 4 nitrogen and oxygen atoms in total. The molecule has 0 spiro atoms. The molecule has 0 bridgehead atoms. The second-order valence-electron chi connectivity index (χ2n) is 7.28. The monoisotopic (exact) mass is 342 g/mol. The van der Waals surface area contributed by atoms with Gasteiger partial charge in [-0.25, -0.2) is 4.68 Å². The summed E-state index contributed by atoms with van der Waals surface area (Å²) in [5.74, 6) is 0.889. The van der Waals surface area contributed by atoms with Gasteiger partial charge < -0.3 is 0 Å². The summed E-state index contributed by atoms with van der Waals surface area (Å²) in [7, 11) is 0. The van der Waals surface area contributed by atoms with Gasteiger partial charge in [0.2, 0.25) is 4.77 Å². The normalized spacial score (nSPS) is 24.7. The van der Waals surface area contributed by atoms with Gasteiger partial charge in [-0.05, 0) is 62.4 Å². The molecule has 4 rings (SSSR count). The van der Waals surface area contributed by atoms with Crippen LogP contribution >= 0.6 is 12.2 Å². The van der Waals surface area contributed by atoms with Crippen LogP contribution in [0.1, 0.15) is 44.1 Å². The number of rotatable bonds is 3. The van der Waals surface area contributed by atoms with Crippen LogP contribution in [0.15, 0.2) is 30.6 Å². The van der Waals surface area contributed by atoms with Crippen molar-refractivity contribution in [3.63, 3.8) is 0 Å². The molecule has 5 heteroatoms. The third kappa shape index (κ3) is 2.95. The number of likely N-dealkylation sites (tertiary alicyclic amines) is 1. The lowest BCUT2D eigenvalue weighted by Gasteiger charge is -2.43. The zero-order valence-corrected chi connectivity index (χ0v) is 15.2. The lowest BCUT2D eigenvalue weighted by Crippen LogP contribution is -2.47. The van der Waals surface area contributed by atoms with Crippen LogP contribution in [0.5, 0.6) is 0 Å². The Hall–Kier alpha value is -1.46. The van der Waals surface area contributed by atoms with Crippen LogP contribution in [0.2, 0.25) is 0 Å². The molecule has 1 aromatic heterocycles. The summed E-state index contributed by atoms with van der Waals surface area (Å²) in [6, 6.07) is 9.07. The number of fused-ring (bicyclic) bond motifs is 1. The first kappa shape index (κ1) is 16.0. The summed E-state index contributed by atoms with van der Waals surface area (Å²) in [6.45, 7) is 4.13. The third-order valence-electron chi connectivity index (χ3n) is 5.78. The first-order valence-corrected chi connectivity index (χ1v) is 9.59. The van der Waals surface area contributed by atoms with Crippen LogP contribution in [0.3, 0.4) is 0 Å². The van der Waals surface area contributed by atoms with Crippen LogP contribution in [0, 0.1) is 17.6 Å². The predicted molar refractivity (Wildman–Crippen MR) is 98.8 cm³/mol. The van der Waals surface area contributed by atoms with Gasteiger partial charge in [-0.1, -0.05) is 31.0 Å². The van der Waals surface area contributed by atoms with E-state index in [1.165, 1.54) is 50.6 Å². The molecule has 1 saturated carbocycles. The second kappa shape index (κ2) is 6.81. The minimum atomic E-state index is 0.734. The molecule has 2 atom stereocenters. The van der Waals surface area contributed by atoms with Gasteiger partial charge in [-0.3, -0.25) is 9.47 Å². The highest BCUT2D eigenvalue weighted by atomic mass is 32.1. The van der Waals surface area contributed by atoms with Crippen molar-refractivity contribution < 1.29 is 0 Å². The molecule has 2 aliphatic rings. The van der Waals surface area contributed by atoms with Crippen molar-refractivity contribution >= 4 is 12.2 Å². The van der Waals surface area contributed by atoms with Gasteiger partial charge >= 0.3 is 0 Å². The predicted octanol–water partition coefficient (Wildman–Crippen LogP) is 4.32. The maximum Gasteiger partial charge on any atom is 0.203 e. The van der Waals surface area contributed by atoms with Crippen LogP contribution in [-0.4, -0.2) is 31.8 Å². The van der Waals surface area contributed by atoms with E-state index in [9.17, 15) is 0 Å². The minimum Gasteiger partial charge on any atom is -0.281 e. The summed E-state index contributed by atoms with van der Waals surface area (Å²) in [6.07, 6.45) is 10.1. The molecule has 0 amide bonds. The van der Waals surface area contributed by atoms with E-state index in [4.69, 9.17) is 12.2 Å². The van der Waals surface area contributed by atoms with E-state index in [1.54, 1.807) is 0 Å². The summed E-state index contributed by atoms with van der Waals surface area (Å²) < 4.78 is 4.83. The SMILES string of the molecule is Cc1ccccc1-n1cnn(CN2CCC[C@H]3CCCC[C@@H]32)c1=S. The molecule has 0 radical (unpaired) electrons. The zero-order chi connectivity index (χ0) is 16.5. The fraction of sp³-hybridized carbons (Fsp3) is 0.579. The Labute approximate surface area is 149 Å². The maximum absolute atomic E-state index is 5.72. The van der Waals surface area contributed by atoms with Crippen molar-refractivity contribution in [1.29, 1.82) is 0 Å². The van der Waals surface area contributed by atoms with Crippen molar-refractivity contribution in [3.8, 4) is 5.69 Å². The van der Waals surface area contributed by atoms with E-state index in [-0.39, 0.29) is 0 Å². The van der Waals surface area contributed by atoms with Gasteiger partial charge in [0.05, 0.1) is 12.4 Å². The summed E-state index contributed by atoms with van der Waals surface area (Å²) >= 11 is 5.72. The van der Waals surface area contributed by atoms with Crippen LogP contribution in [0.25, 0.3) is 5.69 Å². The third-order valence-corrected chi connectivity index (χ3v) is 6.19. The smallest absolute Gasteiger partial charge is 0.203 e. The van der Waals surface area contributed by atoms with E-state index in [0.717, 1.165) is 29.1 Å². The number of hydrogen-bond acceptors (Lipinski definition) is 3. The topological polar surface area (TPSA) is 26.0 Å². The Morgan fingerprint density at radius 1 is 1.12 bits per heavy atom. The molecule has 0 unspecified atom stereocenters. The van der Waals surface area contributed by atoms with Gasteiger partial charge in [-0.2, -0.15) is 5.10 Å². The molecule has 1 aliphatic heterocycles. The fourth-order valence-corrected chi connectivity index (χ4v) is 4.76. The average Bonchev–Trinajstić information content (AvgIpc) is 2.96. The number of nitrogens with zero attached hydrogens (tertiary/aromatic N) is 4. The molecule has 2 fully saturated rings. The first-order valence-electron chi connectivity index (χ1n) is 9.18. The maximum atomic E-state index is 5.72. The van der Waals surface area contributed by atoms with Crippen molar-refractivity contribution in [2.24, 2.45) is 5.92 Å². The Balaban J connectivity index is 1.57. The molecular weight excluding hydrogens is 316 g/mol. The van der Waals surface area contributed by atoms with Crippen LogP contribution in [0.4, 0.5) is 0 Å². The van der Waals surface area contributed by atoms with E-state index < -0.39 is 0 Å². The highest BCUT2D eigenvalue weighted by molar-refractivity contribution is 7.71. The number of aryl methyl sites for hydroxylation is 1. The second-order valence-corrected chi connectivity index (χ2v) is 7.64. The van der Waals surface area contributed by atoms with E-state index in [1.807, 2.05) is 15.6 Å².